The zero-order valence-electron chi connectivity index (χ0n) is 10.2. The van der Waals surface area contributed by atoms with Gasteiger partial charge in [-0.1, -0.05) is 31.5 Å². The number of hydrogen-bond acceptors (Lipinski definition) is 4. The lowest BCUT2D eigenvalue weighted by molar-refractivity contribution is 0.305. The topological polar surface area (TPSA) is 45.9 Å². The number of nitriles is 1. The summed E-state index contributed by atoms with van der Waals surface area (Å²) in [6, 6.07) is 11.8. The molecule has 0 saturated heterocycles. The summed E-state index contributed by atoms with van der Waals surface area (Å²) in [4.78, 5) is 5.17. The highest BCUT2D eigenvalue weighted by molar-refractivity contribution is 7.12. The zero-order valence-corrected chi connectivity index (χ0v) is 11.0. The van der Waals surface area contributed by atoms with Crippen molar-refractivity contribution in [3.63, 3.8) is 0 Å². The minimum atomic E-state index is 0.424. The Labute approximate surface area is 111 Å². The first kappa shape index (κ1) is 12.6. The van der Waals surface area contributed by atoms with Gasteiger partial charge in [0.15, 0.2) is 0 Å². The molecule has 0 bridgehead atoms. The Morgan fingerprint density at radius 2 is 2.11 bits per heavy atom. The van der Waals surface area contributed by atoms with Crippen molar-refractivity contribution in [3.05, 3.63) is 45.9 Å². The van der Waals surface area contributed by atoms with Crippen LogP contribution in [0.15, 0.2) is 30.3 Å². The van der Waals surface area contributed by atoms with Crippen LogP contribution in [0.25, 0.3) is 0 Å². The van der Waals surface area contributed by atoms with Crippen LogP contribution in [-0.4, -0.2) is 4.98 Å². The van der Waals surface area contributed by atoms with Crippen molar-refractivity contribution in [3.8, 4) is 11.8 Å². The molecule has 4 heteroatoms. The van der Waals surface area contributed by atoms with Gasteiger partial charge in [-0.25, -0.2) is 4.98 Å². The summed E-state index contributed by atoms with van der Waals surface area (Å²) < 4.78 is 5.62. The molecule has 3 nitrogen and oxygen atoms in total. The molecule has 2 rings (SSSR count). The van der Waals surface area contributed by atoms with Crippen LogP contribution in [0.3, 0.4) is 0 Å². The molecule has 0 radical (unpaired) electrons. The highest BCUT2D eigenvalue weighted by Crippen LogP contribution is 2.20. The Morgan fingerprint density at radius 1 is 1.33 bits per heavy atom. The van der Waals surface area contributed by atoms with Crippen molar-refractivity contribution in [2.24, 2.45) is 0 Å². The smallest absolute Gasteiger partial charge is 0.140 e. The number of para-hydroxylation sites is 1. The van der Waals surface area contributed by atoms with Crippen LogP contribution >= 0.6 is 11.3 Å². The normalized spacial score (nSPS) is 10.0. The molecule has 0 amide bonds. The molecule has 0 aliphatic carbocycles. The lowest BCUT2D eigenvalue weighted by Gasteiger charge is -2.02. The SMILES string of the molecule is CCCc1nc(COc2ccccc2)sc1C#N. The predicted octanol–water partition coefficient (Wildman–Crippen LogP) is 3.55. The second kappa shape index (κ2) is 6.18. The quantitative estimate of drug-likeness (QED) is 0.824. The van der Waals surface area contributed by atoms with E-state index in [2.05, 4.69) is 18.0 Å². The Hall–Kier alpha value is -1.86. The summed E-state index contributed by atoms with van der Waals surface area (Å²) in [7, 11) is 0. The van der Waals surface area contributed by atoms with Crippen LogP contribution in [0.2, 0.25) is 0 Å². The summed E-state index contributed by atoms with van der Waals surface area (Å²) in [6.45, 7) is 2.51. The van der Waals surface area contributed by atoms with Crippen LogP contribution in [0.1, 0.15) is 28.9 Å². The van der Waals surface area contributed by atoms with Crippen molar-refractivity contribution in [2.45, 2.75) is 26.4 Å². The molecule has 92 valence electrons. The maximum atomic E-state index is 9.02. The highest BCUT2D eigenvalue weighted by Gasteiger charge is 2.10. The second-order valence-electron chi connectivity index (χ2n) is 3.85. The monoisotopic (exact) mass is 258 g/mol. The van der Waals surface area contributed by atoms with Crippen molar-refractivity contribution >= 4 is 11.3 Å². The van der Waals surface area contributed by atoms with E-state index in [0.717, 1.165) is 29.3 Å². The summed E-state index contributed by atoms with van der Waals surface area (Å²) >= 11 is 1.42. The van der Waals surface area contributed by atoms with Gasteiger partial charge in [-0.15, -0.1) is 11.3 Å². The number of ether oxygens (including phenoxy) is 1. The molecular weight excluding hydrogens is 244 g/mol. The van der Waals surface area contributed by atoms with Crippen LogP contribution in [0.5, 0.6) is 5.75 Å². The third-order valence-corrected chi connectivity index (χ3v) is 3.41. The molecule has 18 heavy (non-hydrogen) atoms. The molecule has 1 aromatic heterocycles. The third kappa shape index (κ3) is 3.08. The van der Waals surface area contributed by atoms with E-state index < -0.39 is 0 Å². The number of rotatable bonds is 5. The fourth-order valence-corrected chi connectivity index (χ4v) is 2.44. The van der Waals surface area contributed by atoms with Gasteiger partial charge in [-0.05, 0) is 18.6 Å². The molecule has 1 aromatic carbocycles. The van der Waals surface area contributed by atoms with Gasteiger partial charge in [0, 0.05) is 0 Å². The number of aryl methyl sites for hydroxylation is 1. The molecule has 0 aliphatic heterocycles. The van der Waals surface area contributed by atoms with Crippen molar-refractivity contribution in [1.82, 2.24) is 4.98 Å². The van der Waals surface area contributed by atoms with E-state index in [4.69, 9.17) is 10.00 Å². The number of thiazole rings is 1. The molecule has 0 atom stereocenters. The summed E-state index contributed by atoms with van der Waals surface area (Å²) in [5.41, 5.74) is 0.900. The molecule has 0 fully saturated rings. The van der Waals surface area contributed by atoms with Crippen LogP contribution in [-0.2, 0) is 13.0 Å². The van der Waals surface area contributed by atoms with Gasteiger partial charge in [0.25, 0.3) is 0 Å². The van der Waals surface area contributed by atoms with Gasteiger partial charge < -0.3 is 4.74 Å². The minimum absolute atomic E-state index is 0.424. The lowest BCUT2D eigenvalue weighted by Crippen LogP contribution is -1.95. The van der Waals surface area contributed by atoms with Crippen molar-refractivity contribution < 1.29 is 4.74 Å². The van der Waals surface area contributed by atoms with E-state index in [-0.39, 0.29) is 0 Å². The average molecular weight is 258 g/mol. The predicted molar refractivity (Wildman–Crippen MR) is 71.6 cm³/mol. The molecular formula is C14H14N2OS. The van der Waals surface area contributed by atoms with Gasteiger partial charge >= 0.3 is 0 Å². The van der Waals surface area contributed by atoms with Gasteiger partial charge in [-0.3, -0.25) is 0 Å². The first-order valence-electron chi connectivity index (χ1n) is 5.90. The Morgan fingerprint density at radius 3 is 2.78 bits per heavy atom. The maximum Gasteiger partial charge on any atom is 0.140 e. The second-order valence-corrected chi connectivity index (χ2v) is 4.93. The molecule has 0 unspecified atom stereocenters. The van der Waals surface area contributed by atoms with E-state index >= 15 is 0 Å². The molecule has 0 N–H and O–H groups in total. The summed E-state index contributed by atoms with van der Waals surface area (Å²) in [5.74, 6) is 0.822. The van der Waals surface area contributed by atoms with Crippen molar-refractivity contribution in [2.75, 3.05) is 0 Å². The molecule has 0 spiro atoms. The van der Waals surface area contributed by atoms with E-state index in [1.165, 1.54) is 11.3 Å². The van der Waals surface area contributed by atoms with E-state index in [1.54, 1.807) is 0 Å². The van der Waals surface area contributed by atoms with Gasteiger partial charge in [0.1, 0.15) is 28.3 Å². The number of nitrogens with zero attached hydrogens (tertiary/aromatic N) is 2. The molecule has 1 heterocycles. The maximum absolute atomic E-state index is 9.02. The van der Waals surface area contributed by atoms with Gasteiger partial charge in [-0.2, -0.15) is 5.26 Å². The largest absolute Gasteiger partial charge is 0.486 e. The molecule has 2 aromatic rings. The fourth-order valence-electron chi connectivity index (χ4n) is 1.62. The highest BCUT2D eigenvalue weighted by atomic mass is 32.1. The number of aromatic nitrogens is 1. The van der Waals surface area contributed by atoms with Gasteiger partial charge in [0.05, 0.1) is 5.69 Å². The van der Waals surface area contributed by atoms with Crippen LogP contribution in [0.4, 0.5) is 0 Å². The lowest BCUT2D eigenvalue weighted by atomic mass is 10.2. The summed E-state index contributed by atoms with van der Waals surface area (Å²) in [5, 5.41) is 9.88. The summed E-state index contributed by atoms with van der Waals surface area (Å²) in [6.07, 6.45) is 1.85. The minimum Gasteiger partial charge on any atom is -0.486 e. The van der Waals surface area contributed by atoms with Crippen molar-refractivity contribution in [1.29, 1.82) is 5.26 Å². The van der Waals surface area contributed by atoms with Crippen LogP contribution in [0, 0.1) is 11.3 Å². The number of benzene rings is 1. The fraction of sp³-hybridized carbons (Fsp3) is 0.286. The first-order chi connectivity index (χ1) is 8.83. The average Bonchev–Trinajstić information content (AvgIpc) is 2.80. The first-order valence-corrected chi connectivity index (χ1v) is 6.71. The third-order valence-electron chi connectivity index (χ3n) is 2.44. The Balaban J connectivity index is 2.04. The Bertz CT molecular complexity index is 543. The van der Waals surface area contributed by atoms with E-state index in [1.807, 2.05) is 30.3 Å². The van der Waals surface area contributed by atoms with Gasteiger partial charge in [0.2, 0.25) is 0 Å². The standard InChI is InChI=1S/C14H14N2OS/c1-2-6-12-13(9-15)18-14(16-12)10-17-11-7-4-3-5-8-11/h3-5,7-8H,2,6,10H2,1H3. The van der Waals surface area contributed by atoms with E-state index in [9.17, 15) is 0 Å². The Kier molecular flexibility index (Phi) is 4.32. The molecule has 0 saturated carbocycles. The van der Waals surface area contributed by atoms with Crippen LogP contribution < -0.4 is 4.74 Å². The zero-order chi connectivity index (χ0) is 12.8. The number of hydrogen-bond donors (Lipinski definition) is 0. The molecule has 0 aliphatic rings. The van der Waals surface area contributed by atoms with E-state index in [0.29, 0.717) is 11.5 Å².